The topological polar surface area (TPSA) is 9.23 Å². The zero-order valence-electron chi connectivity index (χ0n) is 9.72. The standard InChI is InChI=1S/C13H17ClOS/c1-9-5-11(6-10(2)12(9)14)15-7-13(8-16)3-4-13/h5-6,16H,3-4,7-8H2,1-2H3. The maximum Gasteiger partial charge on any atom is 0.119 e. The minimum absolute atomic E-state index is 0.338. The van der Waals surface area contributed by atoms with Gasteiger partial charge in [-0.2, -0.15) is 12.6 Å². The summed E-state index contributed by atoms with van der Waals surface area (Å²) < 4.78 is 5.83. The molecule has 0 bridgehead atoms. The Kier molecular flexibility index (Phi) is 3.41. The highest BCUT2D eigenvalue weighted by atomic mass is 35.5. The second-order valence-corrected chi connectivity index (χ2v) is 5.51. The molecule has 0 N–H and O–H groups in total. The highest BCUT2D eigenvalue weighted by Gasteiger charge is 2.42. The van der Waals surface area contributed by atoms with Crippen molar-refractivity contribution >= 4 is 24.2 Å². The van der Waals surface area contributed by atoms with Crippen molar-refractivity contribution in [1.82, 2.24) is 0 Å². The molecule has 2 rings (SSSR count). The first-order valence-electron chi connectivity index (χ1n) is 5.57. The Balaban J connectivity index is 2.05. The fourth-order valence-electron chi connectivity index (χ4n) is 1.75. The third-order valence-electron chi connectivity index (χ3n) is 3.25. The van der Waals surface area contributed by atoms with Crippen LogP contribution < -0.4 is 4.74 Å². The first kappa shape index (κ1) is 12.1. The van der Waals surface area contributed by atoms with Crippen LogP contribution in [-0.4, -0.2) is 12.4 Å². The molecular formula is C13H17ClOS. The predicted octanol–water partition coefficient (Wildman–Crippen LogP) is 4.05. The van der Waals surface area contributed by atoms with E-state index in [-0.39, 0.29) is 0 Å². The zero-order valence-corrected chi connectivity index (χ0v) is 11.4. The van der Waals surface area contributed by atoms with Gasteiger partial charge in [0.15, 0.2) is 0 Å². The summed E-state index contributed by atoms with van der Waals surface area (Å²) in [5.41, 5.74) is 2.49. The van der Waals surface area contributed by atoms with Crippen molar-refractivity contribution in [3.8, 4) is 5.75 Å². The van der Waals surface area contributed by atoms with E-state index in [4.69, 9.17) is 16.3 Å². The van der Waals surface area contributed by atoms with Gasteiger partial charge >= 0.3 is 0 Å². The lowest BCUT2D eigenvalue weighted by Gasteiger charge is -2.15. The highest BCUT2D eigenvalue weighted by molar-refractivity contribution is 7.80. The number of hydrogen-bond acceptors (Lipinski definition) is 2. The number of hydrogen-bond donors (Lipinski definition) is 1. The molecule has 1 aliphatic carbocycles. The molecule has 0 atom stereocenters. The van der Waals surface area contributed by atoms with Gasteiger partial charge in [0.1, 0.15) is 5.75 Å². The summed E-state index contributed by atoms with van der Waals surface area (Å²) in [6, 6.07) is 4.01. The number of ether oxygens (including phenoxy) is 1. The molecule has 1 aromatic carbocycles. The zero-order chi connectivity index (χ0) is 11.8. The lowest BCUT2D eigenvalue weighted by atomic mass is 10.1. The van der Waals surface area contributed by atoms with Crippen LogP contribution in [0, 0.1) is 19.3 Å². The number of aryl methyl sites for hydroxylation is 2. The van der Waals surface area contributed by atoms with E-state index < -0.39 is 0 Å². The van der Waals surface area contributed by atoms with Gasteiger partial charge in [-0.1, -0.05) is 11.6 Å². The molecule has 1 saturated carbocycles. The van der Waals surface area contributed by atoms with Crippen LogP contribution in [-0.2, 0) is 0 Å². The van der Waals surface area contributed by atoms with Gasteiger partial charge in [-0.15, -0.1) is 0 Å². The summed E-state index contributed by atoms with van der Waals surface area (Å²) in [5, 5.41) is 0.836. The fourth-order valence-corrected chi connectivity index (χ4v) is 2.27. The molecule has 16 heavy (non-hydrogen) atoms. The van der Waals surface area contributed by atoms with Gasteiger partial charge in [-0.25, -0.2) is 0 Å². The molecule has 0 aromatic heterocycles. The third kappa shape index (κ3) is 2.49. The smallest absolute Gasteiger partial charge is 0.119 e. The first-order chi connectivity index (χ1) is 7.56. The summed E-state index contributed by atoms with van der Waals surface area (Å²) in [5.74, 6) is 1.84. The lowest BCUT2D eigenvalue weighted by molar-refractivity contribution is 0.250. The Morgan fingerprint density at radius 1 is 1.31 bits per heavy atom. The molecular weight excluding hydrogens is 240 g/mol. The van der Waals surface area contributed by atoms with E-state index in [2.05, 4.69) is 12.6 Å². The Labute approximate surface area is 108 Å². The quantitative estimate of drug-likeness (QED) is 0.800. The molecule has 3 heteroatoms. The van der Waals surface area contributed by atoms with Gasteiger partial charge in [0, 0.05) is 10.4 Å². The molecule has 0 radical (unpaired) electrons. The normalized spacial score (nSPS) is 17.2. The van der Waals surface area contributed by atoms with Crippen LogP contribution in [0.4, 0.5) is 0 Å². The monoisotopic (exact) mass is 256 g/mol. The Hall–Kier alpha value is -0.340. The van der Waals surface area contributed by atoms with E-state index in [0.29, 0.717) is 5.41 Å². The number of halogens is 1. The van der Waals surface area contributed by atoms with Crippen molar-refractivity contribution < 1.29 is 4.74 Å². The Bertz CT molecular complexity index is 376. The SMILES string of the molecule is Cc1cc(OCC2(CS)CC2)cc(C)c1Cl. The van der Waals surface area contributed by atoms with Gasteiger partial charge in [0.2, 0.25) is 0 Å². The predicted molar refractivity (Wildman–Crippen MR) is 71.9 cm³/mol. The molecule has 0 saturated heterocycles. The maximum atomic E-state index is 6.11. The highest BCUT2D eigenvalue weighted by Crippen LogP contribution is 2.46. The maximum absolute atomic E-state index is 6.11. The summed E-state index contributed by atoms with van der Waals surface area (Å²) in [6.07, 6.45) is 2.48. The molecule has 0 unspecified atom stereocenters. The second-order valence-electron chi connectivity index (χ2n) is 4.82. The van der Waals surface area contributed by atoms with E-state index in [0.717, 1.165) is 34.3 Å². The molecule has 1 aromatic rings. The molecule has 0 spiro atoms. The Morgan fingerprint density at radius 3 is 2.31 bits per heavy atom. The van der Waals surface area contributed by atoms with E-state index in [1.54, 1.807) is 0 Å². The van der Waals surface area contributed by atoms with Gasteiger partial charge in [-0.3, -0.25) is 0 Å². The molecule has 0 amide bonds. The van der Waals surface area contributed by atoms with Crippen molar-refractivity contribution in [2.45, 2.75) is 26.7 Å². The third-order valence-corrected chi connectivity index (χ3v) is 4.51. The number of rotatable bonds is 4. The van der Waals surface area contributed by atoms with Crippen molar-refractivity contribution in [1.29, 1.82) is 0 Å². The fraction of sp³-hybridized carbons (Fsp3) is 0.538. The van der Waals surface area contributed by atoms with E-state index in [9.17, 15) is 0 Å². The molecule has 1 nitrogen and oxygen atoms in total. The minimum Gasteiger partial charge on any atom is -0.493 e. The summed E-state index contributed by atoms with van der Waals surface area (Å²) in [6.45, 7) is 4.79. The van der Waals surface area contributed by atoms with Crippen LogP contribution >= 0.6 is 24.2 Å². The van der Waals surface area contributed by atoms with Gasteiger partial charge < -0.3 is 4.74 Å². The summed E-state index contributed by atoms with van der Waals surface area (Å²) in [4.78, 5) is 0. The second kappa shape index (κ2) is 4.50. The van der Waals surface area contributed by atoms with Crippen LogP contribution in [0.3, 0.4) is 0 Å². The first-order valence-corrected chi connectivity index (χ1v) is 6.58. The number of benzene rings is 1. The Morgan fingerprint density at radius 2 is 1.88 bits per heavy atom. The van der Waals surface area contributed by atoms with Crippen LogP contribution in [0.15, 0.2) is 12.1 Å². The van der Waals surface area contributed by atoms with E-state index in [1.807, 2.05) is 26.0 Å². The summed E-state index contributed by atoms with van der Waals surface area (Å²) >= 11 is 10.5. The van der Waals surface area contributed by atoms with Crippen LogP contribution in [0.1, 0.15) is 24.0 Å². The lowest BCUT2D eigenvalue weighted by Crippen LogP contribution is -2.14. The van der Waals surface area contributed by atoms with Gasteiger partial charge in [0.25, 0.3) is 0 Å². The molecule has 1 fully saturated rings. The molecule has 88 valence electrons. The van der Waals surface area contributed by atoms with Gasteiger partial charge in [0.05, 0.1) is 6.61 Å². The van der Waals surface area contributed by atoms with E-state index >= 15 is 0 Å². The van der Waals surface area contributed by atoms with Crippen molar-refractivity contribution in [2.24, 2.45) is 5.41 Å². The number of thiol groups is 1. The van der Waals surface area contributed by atoms with Crippen molar-refractivity contribution in [3.63, 3.8) is 0 Å². The minimum atomic E-state index is 0.338. The average molecular weight is 257 g/mol. The molecule has 1 aliphatic rings. The van der Waals surface area contributed by atoms with Gasteiger partial charge in [-0.05, 0) is 55.7 Å². The van der Waals surface area contributed by atoms with Crippen molar-refractivity contribution in [3.05, 3.63) is 28.3 Å². The summed E-state index contributed by atoms with van der Waals surface area (Å²) in [7, 11) is 0. The molecule has 0 heterocycles. The largest absolute Gasteiger partial charge is 0.493 e. The van der Waals surface area contributed by atoms with Crippen LogP contribution in [0.25, 0.3) is 0 Å². The van der Waals surface area contributed by atoms with Crippen LogP contribution in [0.5, 0.6) is 5.75 Å². The average Bonchev–Trinajstić information content (AvgIpc) is 3.03. The van der Waals surface area contributed by atoms with E-state index in [1.165, 1.54) is 12.8 Å². The van der Waals surface area contributed by atoms with Crippen LogP contribution in [0.2, 0.25) is 5.02 Å². The van der Waals surface area contributed by atoms with Crippen molar-refractivity contribution in [2.75, 3.05) is 12.4 Å². The molecule has 0 aliphatic heterocycles.